The first-order valence-electron chi connectivity index (χ1n) is 7.98. The molecule has 2 heterocycles. The van der Waals surface area contributed by atoms with Crippen LogP contribution in [0.25, 0.3) is 11.4 Å². The number of fused-ring (bicyclic) bond motifs is 1. The smallest absolute Gasteiger partial charge is 0.163 e. The number of hydrogen-bond donors (Lipinski definition) is 3. The quantitative estimate of drug-likeness (QED) is 0.638. The molecule has 5 heteroatoms. The van der Waals surface area contributed by atoms with Gasteiger partial charge in [-0.05, 0) is 37.6 Å². The molecule has 0 bridgehead atoms. The highest BCUT2D eigenvalue weighted by atomic mass is 16.3. The third-order valence-corrected chi connectivity index (χ3v) is 4.06. The van der Waals surface area contributed by atoms with E-state index in [0.717, 1.165) is 34.9 Å². The van der Waals surface area contributed by atoms with Crippen LogP contribution in [0, 0.1) is 0 Å². The summed E-state index contributed by atoms with van der Waals surface area (Å²) in [5.74, 6) is 2.63. The fraction of sp³-hybridized carbons (Fsp3) is 0.158. The summed E-state index contributed by atoms with van der Waals surface area (Å²) in [6.45, 7) is 2.13. The van der Waals surface area contributed by atoms with Crippen molar-refractivity contribution in [2.45, 2.75) is 19.4 Å². The Kier molecular flexibility index (Phi) is 3.54. The van der Waals surface area contributed by atoms with Gasteiger partial charge in [0.05, 0.1) is 0 Å². The lowest BCUT2D eigenvalue weighted by Gasteiger charge is -2.12. The van der Waals surface area contributed by atoms with Crippen LogP contribution in [0.15, 0.2) is 54.6 Å². The summed E-state index contributed by atoms with van der Waals surface area (Å²) < 4.78 is 0. The van der Waals surface area contributed by atoms with Gasteiger partial charge in [-0.3, -0.25) is 0 Å². The van der Waals surface area contributed by atoms with Crippen molar-refractivity contribution in [3.63, 3.8) is 0 Å². The Bertz CT molecular complexity index is 863. The number of anilines is 3. The molecule has 1 aromatic heterocycles. The van der Waals surface area contributed by atoms with Crippen LogP contribution in [0.1, 0.15) is 12.5 Å². The van der Waals surface area contributed by atoms with Gasteiger partial charge in [-0.2, -0.15) is 0 Å². The minimum atomic E-state index is 0.244. The summed E-state index contributed by atoms with van der Waals surface area (Å²) in [5, 5.41) is 16.2. The molecule has 0 spiro atoms. The molecule has 120 valence electrons. The average molecular weight is 318 g/mol. The summed E-state index contributed by atoms with van der Waals surface area (Å²) >= 11 is 0. The molecule has 4 rings (SSSR count). The third-order valence-electron chi connectivity index (χ3n) is 4.06. The zero-order valence-corrected chi connectivity index (χ0v) is 13.3. The van der Waals surface area contributed by atoms with E-state index in [1.807, 2.05) is 42.5 Å². The number of benzene rings is 2. The summed E-state index contributed by atoms with van der Waals surface area (Å²) in [5.41, 5.74) is 2.96. The molecule has 2 aromatic carbocycles. The Morgan fingerprint density at radius 2 is 1.79 bits per heavy atom. The molecule has 1 aliphatic rings. The van der Waals surface area contributed by atoms with Crippen molar-refractivity contribution >= 4 is 17.3 Å². The lowest BCUT2D eigenvalue weighted by molar-refractivity contribution is 0.475. The van der Waals surface area contributed by atoms with Gasteiger partial charge in [0.1, 0.15) is 17.4 Å². The van der Waals surface area contributed by atoms with Crippen LogP contribution in [-0.2, 0) is 6.42 Å². The predicted octanol–water partition coefficient (Wildman–Crippen LogP) is 3.95. The summed E-state index contributed by atoms with van der Waals surface area (Å²) in [6.07, 6.45) is 0.880. The van der Waals surface area contributed by atoms with Crippen molar-refractivity contribution in [3.05, 3.63) is 60.2 Å². The van der Waals surface area contributed by atoms with Crippen molar-refractivity contribution < 1.29 is 5.11 Å². The van der Waals surface area contributed by atoms with Crippen LogP contribution in [0.2, 0.25) is 0 Å². The molecule has 5 nitrogen and oxygen atoms in total. The van der Waals surface area contributed by atoms with E-state index < -0.39 is 0 Å². The number of phenols is 1. The van der Waals surface area contributed by atoms with Gasteiger partial charge in [-0.25, -0.2) is 9.97 Å². The normalized spacial score (nSPS) is 15.6. The van der Waals surface area contributed by atoms with Gasteiger partial charge in [0.2, 0.25) is 0 Å². The van der Waals surface area contributed by atoms with E-state index in [9.17, 15) is 5.11 Å². The second kappa shape index (κ2) is 5.85. The second-order valence-electron chi connectivity index (χ2n) is 6.01. The predicted molar refractivity (Wildman–Crippen MR) is 95.6 cm³/mol. The van der Waals surface area contributed by atoms with Crippen LogP contribution < -0.4 is 10.6 Å². The first-order chi connectivity index (χ1) is 11.7. The zero-order chi connectivity index (χ0) is 16.5. The van der Waals surface area contributed by atoms with E-state index in [1.165, 1.54) is 0 Å². The first kappa shape index (κ1) is 14.5. The Morgan fingerprint density at radius 1 is 1.04 bits per heavy atom. The molecule has 0 saturated carbocycles. The maximum Gasteiger partial charge on any atom is 0.163 e. The number of nitrogens with zero attached hydrogens (tertiary/aromatic N) is 2. The highest BCUT2D eigenvalue weighted by Gasteiger charge is 2.24. The van der Waals surface area contributed by atoms with Crippen molar-refractivity contribution in [2.75, 3.05) is 10.6 Å². The molecule has 3 N–H and O–H groups in total. The van der Waals surface area contributed by atoms with Crippen molar-refractivity contribution in [1.82, 2.24) is 9.97 Å². The van der Waals surface area contributed by atoms with Crippen molar-refractivity contribution in [3.8, 4) is 17.1 Å². The SMILES string of the molecule is CC1Cc2c(Nc3ccc(O)cc3)nc(-c3ccccc3)nc2N1. The molecule has 3 aromatic rings. The zero-order valence-electron chi connectivity index (χ0n) is 13.3. The highest BCUT2D eigenvalue weighted by Crippen LogP contribution is 2.33. The van der Waals surface area contributed by atoms with Gasteiger partial charge in [0.25, 0.3) is 0 Å². The van der Waals surface area contributed by atoms with Gasteiger partial charge in [-0.15, -0.1) is 0 Å². The van der Waals surface area contributed by atoms with Gasteiger partial charge in [-0.1, -0.05) is 30.3 Å². The van der Waals surface area contributed by atoms with Gasteiger partial charge in [0.15, 0.2) is 5.82 Å². The van der Waals surface area contributed by atoms with E-state index >= 15 is 0 Å². The minimum absolute atomic E-state index is 0.244. The van der Waals surface area contributed by atoms with E-state index in [-0.39, 0.29) is 5.75 Å². The van der Waals surface area contributed by atoms with Gasteiger partial charge in [0, 0.05) is 22.9 Å². The van der Waals surface area contributed by atoms with E-state index in [4.69, 9.17) is 4.98 Å². The Morgan fingerprint density at radius 3 is 2.54 bits per heavy atom. The lowest BCUT2D eigenvalue weighted by Crippen LogP contribution is -2.09. The minimum Gasteiger partial charge on any atom is -0.508 e. The summed E-state index contributed by atoms with van der Waals surface area (Å²) in [7, 11) is 0. The Balaban J connectivity index is 1.77. The monoisotopic (exact) mass is 318 g/mol. The molecule has 24 heavy (non-hydrogen) atoms. The number of nitrogens with one attached hydrogen (secondary N) is 2. The maximum absolute atomic E-state index is 9.44. The largest absolute Gasteiger partial charge is 0.508 e. The molecule has 0 amide bonds. The molecule has 0 radical (unpaired) electrons. The second-order valence-corrected chi connectivity index (χ2v) is 6.01. The Labute approximate surface area is 140 Å². The summed E-state index contributed by atoms with van der Waals surface area (Å²) in [6, 6.07) is 17.3. The number of aromatic nitrogens is 2. The Hall–Kier alpha value is -3.08. The van der Waals surface area contributed by atoms with Crippen molar-refractivity contribution in [1.29, 1.82) is 0 Å². The number of aromatic hydroxyl groups is 1. The molecule has 1 atom stereocenters. The molecular weight excluding hydrogens is 300 g/mol. The highest BCUT2D eigenvalue weighted by molar-refractivity contribution is 5.72. The third kappa shape index (κ3) is 2.76. The van der Waals surface area contributed by atoms with Gasteiger partial charge < -0.3 is 15.7 Å². The standard InChI is InChI=1S/C19H18N4O/c1-12-11-16-18(20-12)22-17(13-5-3-2-4-6-13)23-19(16)21-14-7-9-15(24)10-8-14/h2-10,12,24H,11H2,1H3,(H2,20,21,22,23). The van der Waals surface area contributed by atoms with Crippen LogP contribution in [0.3, 0.4) is 0 Å². The van der Waals surface area contributed by atoms with Gasteiger partial charge >= 0.3 is 0 Å². The van der Waals surface area contributed by atoms with Crippen LogP contribution in [-0.4, -0.2) is 21.1 Å². The van der Waals surface area contributed by atoms with E-state index in [2.05, 4.69) is 22.5 Å². The number of hydrogen-bond acceptors (Lipinski definition) is 5. The fourth-order valence-electron chi connectivity index (χ4n) is 2.89. The molecular formula is C19H18N4O. The van der Waals surface area contributed by atoms with E-state index in [0.29, 0.717) is 11.9 Å². The molecule has 0 fully saturated rings. The van der Waals surface area contributed by atoms with Crippen LogP contribution >= 0.6 is 0 Å². The molecule has 0 saturated heterocycles. The molecule has 0 aliphatic carbocycles. The lowest BCUT2D eigenvalue weighted by atomic mass is 10.1. The molecule has 1 aliphatic heterocycles. The number of rotatable bonds is 3. The maximum atomic E-state index is 9.44. The summed E-state index contributed by atoms with van der Waals surface area (Å²) in [4.78, 5) is 9.43. The van der Waals surface area contributed by atoms with Crippen LogP contribution in [0.4, 0.5) is 17.3 Å². The molecule has 1 unspecified atom stereocenters. The first-order valence-corrected chi connectivity index (χ1v) is 7.98. The van der Waals surface area contributed by atoms with Crippen molar-refractivity contribution in [2.24, 2.45) is 0 Å². The number of phenolic OH excluding ortho intramolecular Hbond substituents is 1. The van der Waals surface area contributed by atoms with E-state index in [1.54, 1.807) is 12.1 Å². The van der Waals surface area contributed by atoms with Crippen LogP contribution in [0.5, 0.6) is 5.75 Å². The topological polar surface area (TPSA) is 70.1 Å². The fourth-order valence-corrected chi connectivity index (χ4v) is 2.89. The average Bonchev–Trinajstić information content (AvgIpc) is 2.98.